The number of rotatable bonds is 5. The molecule has 0 unspecified atom stereocenters. The molecule has 1 aliphatic heterocycles. The summed E-state index contributed by atoms with van der Waals surface area (Å²) in [6, 6.07) is 16.0. The number of para-hydroxylation sites is 2. The van der Waals surface area contributed by atoms with Gasteiger partial charge < -0.3 is 14.6 Å². The van der Waals surface area contributed by atoms with Crippen molar-refractivity contribution in [3.05, 3.63) is 65.6 Å². The molecular weight excluding hydrogens is 346 g/mol. The van der Waals surface area contributed by atoms with E-state index in [1.807, 2.05) is 24.3 Å². The molecule has 4 nitrogen and oxygen atoms in total. The maximum atomic E-state index is 5.94. The van der Waals surface area contributed by atoms with Crippen molar-refractivity contribution >= 4 is 23.0 Å². The molecule has 0 atom stereocenters. The number of hydrogen-bond acceptors (Lipinski definition) is 4. The molecule has 1 aliphatic rings. The average Bonchev–Trinajstić information content (AvgIpc) is 3.17. The number of piperidine rings is 1. The Balaban J connectivity index is 1.45. The number of oxazole rings is 1. The average molecular weight is 368 g/mol. The number of nitrogens with one attached hydrogen (secondary N) is 1. The first-order chi connectivity index (χ1) is 12.8. The van der Waals surface area contributed by atoms with Gasteiger partial charge in [-0.25, -0.2) is 4.98 Å². The standard InChI is InChI=1S/C21H22ClN3O/c22-17-10-8-16(9-11-17)20-14-24-21(26-20)15-23-18-6-2-3-7-19(18)25-12-4-1-5-13-25/h2-3,6-11,14,23H,1,4-5,12-13,15H2. The molecule has 1 saturated heterocycles. The lowest BCUT2D eigenvalue weighted by Gasteiger charge is -2.30. The van der Waals surface area contributed by atoms with Crippen LogP contribution in [0.1, 0.15) is 25.2 Å². The van der Waals surface area contributed by atoms with Crippen molar-refractivity contribution in [1.82, 2.24) is 4.98 Å². The van der Waals surface area contributed by atoms with Gasteiger partial charge in [-0.2, -0.15) is 0 Å². The molecule has 26 heavy (non-hydrogen) atoms. The fourth-order valence-corrected chi connectivity index (χ4v) is 3.47. The van der Waals surface area contributed by atoms with Gasteiger partial charge in [0.1, 0.15) is 0 Å². The molecular formula is C21H22ClN3O. The summed E-state index contributed by atoms with van der Waals surface area (Å²) in [6.45, 7) is 2.80. The molecule has 2 aromatic carbocycles. The van der Waals surface area contributed by atoms with Crippen LogP contribution in [0.4, 0.5) is 11.4 Å². The normalized spacial score (nSPS) is 14.4. The van der Waals surface area contributed by atoms with Crippen LogP contribution in [-0.2, 0) is 6.54 Å². The lowest BCUT2D eigenvalue weighted by atomic mass is 10.1. The molecule has 134 valence electrons. The minimum atomic E-state index is 0.554. The van der Waals surface area contributed by atoms with Crippen LogP contribution in [0.15, 0.2) is 59.1 Å². The van der Waals surface area contributed by atoms with Crippen LogP contribution >= 0.6 is 11.6 Å². The van der Waals surface area contributed by atoms with Crippen molar-refractivity contribution in [2.24, 2.45) is 0 Å². The minimum absolute atomic E-state index is 0.554. The first kappa shape index (κ1) is 17.0. The molecule has 1 fully saturated rings. The quantitative estimate of drug-likeness (QED) is 0.637. The zero-order chi connectivity index (χ0) is 17.8. The van der Waals surface area contributed by atoms with Crippen molar-refractivity contribution < 1.29 is 4.42 Å². The largest absolute Gasteiger partial charge is 0.439 e. The van der Waals surface area contributed by atoms with E-state index in [-0.39, 0.29) is 0 Å². The van der Waals surface area contributed by atoms with E-state index in [4.69, 9.17) is 16.0 Å². The molecule has 0 amide bonds. The van der Waals surface area contributed by atoms with Crippen LogP contribution in [-0.4, -0.2) is 18.1 Å². The number of aromatic nitrogens is 1. The van der Waals surface area contributed by atoms with E-state index >= 15 is 0 Å². The van der Waals surface area contributed by atoms with Crippen molar-refractivity contribution in [2.45, 2.75) is 25.8 Å². The number of hydrogen-bond donors (Lipinski definition) is 1. The fraction of sp³-hybridized carbons (Fsp3) is 0.286. The third-order valence-corrected chi connectivity index (χ3v) is 4.97. The molecule has 5 heteroatoms. The predicted octanol–water partition coefficient (Wildman–Crippen LogP) is 5.60. The van der Waals surface area contributed by atoms with Gasteiger partial charge in [0.05, 0.1) is 24.1 Å². The van der Waals surface area contributed by atoms with Crippen molar-refractivity contribution in [1.29, 1.82) is 0 Å². The Morgan fingerprint density at radius 1 is 1.00 bits per heavy atom. The van der Waals surface area contributed by atoms with E-state index in [0.29, 0.717) is 17.5 Å². The van der Waals surface area contributed by atoms with Crippen LogP contribution in [0, 0.1) is 0 Å². The van der Waals surface area contributed by atoms with E-state index in [0.717, 1.165) is 30.1 Å². The summed E-state index contributed by atoms with van der Waals surface area (Å²) >= 11 is 5.94. The van der Waals surface area contributed by atoms with Crippen molar-refractivity contribution in [3.8, 4) is 11.3 Å². The fourth-order valence-electron chi connectivity index (χ4n) is 3.34. The molecule has 0 saturated carbocycles. The zero-order valence-corrected chi connectivity index (χ0v) is 15.4. The summed E-state index contributed by atoms with van der Waals surface area (Å²) in [4.78, 5) is 6.86. The lowest BCUT2D eigenvalue weighted by molar-refractivity contribution is 0.516. The maximum absolute atomic E-state index is 5.94. The molecule has 0 radical (unpaired) electrons. The molecule has 0 spiro atoms. The van der Waals surface area contributed by atoms with E-state index in [9.17, 15) is 0 Å². The van der Waals surface area contributed by atoms with Gasteiger partial charge in [0.15, 0.2) is 5.76 Å². The third-order valence-electron chi connectivity index (χ3n) is 4.71. The summed E-state index contributed by atoms with van der Waals surface area (Å²) in [5.74, 6) is 1.42. The van der Waals surface area contributed by atoms with Gasteiger partial charge in [0.2, 0.25) is 5.89 Å². The number of anilines is 2. The van der Waals surface area contributed by atoms with Gasteiger partial charge in [0.25, 0.3) is 0 Å². The van der Waals surface area contributed by atoms with Crippen LogP contribution < -0.4 is 10.2 Å². The van der Waals surface area contributed by atoms with Crippen LogP contribution in [0.2, 0.25) is 5.02 Å². The smallest absolute Gasteiger partial charge is 0.214 e. The highest BCUT2D eigenvalue weighted by molar-refractivity contribution is 6.30. The Bertz CT molecular complexity index is 854. The second kappa shape index (κ2) is 7.83. The van der Waals surface area contributed by atoms with E-state index in [1.165, 1.54) is 24.9 Å². The highest BCUT2D eigenvalue weighted by Crippen LogP contribution is 2.29. The first-order valence-electron chi connectivity index (χ1n) is 9.08. The van der Waals surface area contributed by atoms with Gasteiger partial charge in [-0.3, -0.25) is 0 Å². The topological polar surface area (TPSA) is 41.3 Å². The Kier molecular flexibility index (Phi) is 5.12. The van der Waals surface area contributed by atoms with Gasteiger partial charge in [-0.15, -0.1) is 0 Å². The SMILES string of the molecule is Clc1ccc(-c2cnc(CNc3ccccc3N3CCCCC3)o2)cc1. The monoisotopic (exact) mass is 367 g/mol. The Morgan fingerprint density at radius 2 is 1.77 bits per heavy atom. The molecule has 2 heterocycles. The van der Waals surface area contributed by atoms with Crippen molar-refractivity contribution in [2.75, 3.05) is 23.3 Å². The van der Waals surface area contributed by atoms with Gasteiger partial charge in [-0.05, 0) is 55.7 Å². The van der Waals surface area contributed by atoms with E-state index in [1.54, 1.807) is 6.20 Å². The molecule has 4 rings (SSSR count). The first-order valence-corrected chi connectivity index (χ1v) is 9.46. The van der Waals surface area contributed by atoms with E-state index in [2.05, 4.69) is 39.5 Å². The summed E-state index contributed by atoms with van der Waals surface area (Å²) in [6.07, 6.45) is 5.61. The summed E-state index contributed by atoms with van der Waals surface area (Å²) in [5.41, 5.74) is 3.36. The number of halogens is 1. The minimum Gasteiger partial charge on any atom is -0.439 e. The summed E-state index contributed by atoms with van der Waals surface area (Å²) < 4.78 is 5.89. The van der Waals surface area contributed by atoms with Gasteiger partial charge in [-0.1, -0.05) is 23.7 Å². The number of nitrogens with zero attached hydrogens (tertiary/aromatic N) is 2. The van der Waals surface area contributed by atoms with Crippen LogP contribution in [0.5, 0.6) is 0 Å². The summed E-state index contributed by atoms with van der Waals surface area (Å²) in [5, 5.41) is 4.19. The molecule has 0 aliphatic carbocycles. The molecule has 0 bridgehead atoms. The van der Waals surface area contributed by atoms with Gasteiger partial charge in [0, 0.05) is 23.7 Å². The lowest BCUT2D eigenvalue weighted by Crippen LogP contribution is -2.30. The second-order valence-electron chi connectivity index (χ2n) is 6.54. The highest BCUT2D eigenvalue weighted by atomic mass is 35.5. The predicted molar refractivity (Wildman–Crippen MR) is 107 cm³/mol. The summed E-state index contributed by atoms with van der Waals surface area (Å²) in [7, 11) is 0. The zero-order valence-electron chi connectivity index (χ0n) is 14.6. The van der Waals surface area contributed by atoms with E-state index < -0.39 is 0 Å². The number of benzene rings is 2. The van der Waals surface area contributed by atoms with Crippen LogP contribution in [0.25, 0.3) is 11.3 Å². The Labute approximate surface area is 158 Å². The highest BCUT2D eigenvalue weighted by Gasteiger charge is 2.14. The third kappa shape index (κ3) is 3.86. The Hall–Kier alpha value is -2.46. The maximum Gasteiger partial charge on any atom is 0.214 e. The molecule has 3 aromatic rings. The van der Waals surface area contributed by atoms with Crippen molar-refractivity contribution in [3.63, 3.8) is 0 Å². The van der Waals surface area contributed by atoms with Crippen LogP contribution in [0.3, 0.4) is 0 Å². The second-order valence-corrected chi connectivity index (χ2v) is 6.98. The molecule has 1 aromatic heterocycles. The molecule has 1 N–H and O–H groups in total. The van der Waals surface area contributed by atoms with Gasteiger partial charge >= 0.3 is 0 Å². The Morgan fingerprint density at radius 3 is 2.58 bits per heavy atom.